The topological polar surface area (TPSA) is 118 Å². The van der Waals surface area contributed by atoms with Crippen LogP contribution in [0, 0.1) is 11.2 Å². The minimum atomic E-state index is -0.562. The summed E-state index contributed by atoms with van der Waals surface area (Å²) in [6, 6.07) is 9.37. The van der Waals surface area contributed by atoms with E-state index in [1.807, 2.05) is 10.7 Å². The molecule has 0 saturated carbocycles. The average molecular weight is 449 g/mol. The van der Waals surface area contributed by atoms with Crippen LogP contribution in [0.4, 0.5) is 4.39 Å². The second-order valence-electron chi connectivity index (χ2n) is 7.29. The molecule has 0 amide bonds. The third-order valence-electron chi connectivity index (χ3n) is 5.24. The molecular weight excluding hydrogens is 431 g/mol. The van der Waals surface area contributed by atoms with Crippen LogP contribution in [0.3, 0.4) is 0 Å². The van der Waals surface area contributed by atoms with E-state index in [0.29, 0.717) is 34.1 Å². The molecular formula is C22H18ClFN8. The van der Waals surface area contributed by atoms with E-state index in [1.165, 1.54) is 24.4 Å². The molecule has 5 rings (SSSR count). The molecule has 1 aromatic carbocycles. The molecule has 3 aromatic heterocycles. The van der Waals surface area contributed by atoms with Crippen molar-refractivity contribution in [1.29, 1.82) is 5.41 Å². The van der Waals surface area contributed by atoms with Crippen molar-refractivity contribution in [2.45, 2.75) is 13.1 Å². The maximum absolute atomic E-state index is 14.3. The number of aromatic nitrogens is 5. The lowest BCUT2D eigenvalue weighted by atomic mass is 9.99. The highest BCUT2D eigenvalue weighted by molar-refractivity contribution is 6.33. The van der Waals surface area contributed by atoms with Gasteiger partial charge in [0.2, 0.25) is 0 Å². The van der Waals surface area contributed by atoms with Gasteiger partial charge in [0, 0.05) is 40.7 Å². The molecule has 0 saturated heterocycles. The molecule has 0 bridgehead atoms. The minimum absolute atomic E-state index is 0.0457. The van der Waals surface area contributed by atoms with Crippen LogP contribution in [0.5, 0.6) is 0 Å². The Labute approximate surface area is 187 Å². The molecule has 0 radical (unpaired) electrons. The van der Waals surface area contributed by atoms with Gasteiger partial charge in [0.1, 0.15) is 11.6 Å². The summed E-state index contributed by atoms with van der Waals surface area (Å²) in [7, 11) is 0. The molecule has 0 atom stereocenters. The molecule has 0 fully saturated rings. The number of benzene rings is 1. The monoisotopic (exact) mass is 448 g/mol. The van der Waals surface area contributed by atoms with Gasteiger partial charge in [0.15, 0.2) is 5.82 Å². The number of allylic oxidation sites excluding steroid dienone is 1. The summed E-state index contributed by atoms with van der Waals surface area (Å²) in [6.45, 7) is 2.28. The number of fused-ring (bicyclic) bond motifs is 2. The molecule has 32 heavy (non-hydrogen) atoms. The van der Waals surface area contributed by atoms with Gasteiger partial charge in [0.25, 0.3) is 0 Å². The van der Waals surface area contributed by atoms with Crippen molar-refractivity contribution < 1.29 is 4.39 Å². The van der Waals surface area contributed by atoms with Gasteiger partial charge in [-0.25, -0.2) is 19.0 Å². The van der Waals surface area contributed by atoms with Gasteiger partial charge >= 0.3 is 0 Å². The Morgan fingerprint density at radius 2 is 2.06 bits per heavy atom. The fraction of sp³-hybridized carbons (Fsp3) is 0.136. The Morgan fingerprint density at radius 3 is 2.88 bits per heavy atom. The molecule has 0 aliphatic carbocycles. The number of nitrogens with one attached hydrogen (secondary N) is 2. The summed E-state index contributed by atoms with van der Waals surface area (Å²) >= 11 is 5.99. The zero-order chi connectivity index (χ0) is 22.2. The number of rotatable bonds is 4. The summed E-state index contributed by atoms with van der Waals surface area (Å²) in [5.74, 6) is 0.889. The minimum Gasteiger partial charge on any atom is -0.404 e. The quantitative estimate of drug-likeness (QED) is 0.413. The highest BCUT2D eigenvalue weighted by Crippen LogP contribution is 2.25. The number of halogens is 2. The van der Waals surface area contributed by atoms with Crippen molar-refractivity contribution in [3.63, 3.8) is 0 Å². The van der Waals surface area contributed by atoms with Gasteiger partial charge < -0.3 is 11.1 Å². The summed E-state index contributed by atoms with van der Waals surface area (Å²) in [4.78, 5) is 13.7. The van der Waals surface area contributed by atoms with Crippen LogP contribution < -0.4 is 11.1 Å². The van der Waals surface area contributed by atoms with Crippen molar-refractivity contribution >= 4 is 33.9 Å². The first kappa shape index (κ1) is 20.2. The number of hydrogen-bond donors (Lipinski definition) is 3. The van der Waals surface area contributed by atoms with Gasteiger partial charge in [0.05, 0.1) is 35.5 Å². The molecule has 10 heteroatoms. The second-order valence-corrected chi connectivity index (χ2v) is 7.73. The van der Waals surface area contributed by atoms with E-state index >= 15 is 0 Å². The van der Waals surface area contributed by atoms with Gasteiger partial charge in [-0.05, 0) is 36.4 Å². The highest BCUT2D eigenvalue weighted by atomic mass is 35.5. The third kappa shape index (κ3) is 3.61. The number of hydrogen-bond acceptors (Lipinski definition) is 7. The van der Waals surface area contributed by atoms with Crippen molar-refractivity contribution in [3.8, 4) is 11.4 Å². The van der Waals surface area contributed by atoms with E-state index in [-0.39, 0.29) is 16.8 Å². The Hall–Kier alpha value is -3.69. The Bertz CT molecular complexity index is 1370. The van der Waals surface area contributed by atoms with Crippen LogP contribution in [0.15, 0.2) is 48.8 Å². The molecule has 4 N–H and O–H groups in total. The van der Waals surface area contributed by atoms with Crippen molar-refractivity contribution in [2.24, 2.45) is 5.73 Å². The van der Waals surface area contributed by atoms with E-state index in [0.717, 1.165) is 24.5 Å². The lowest BCUT2D eigenvalue weighted by Crippen LogP contribution is -2.28. The predicted molar refractivity (Wildman–Crippen MR) is 121 cm³/mol. The molecule has 1 aliphatic heterocycles. The van der Waals surface area contributed by atoms with Crippen LogP contribution in [0.25, 0.3) is 28.0 Å². The normalized spacial score (nSPS) is 13.9. The zero-order valence-electron chi connectivity index (χ0n) is 16.8. The summed E-state index contributed by atoms with van der Waals surface area (Å²) in [6.07, 6.45) is 2.95. The maximum Gasteiger partial charge on any atom is 0.183 e. The standard InChI is InChI=1S/C22H18ClFN8/c23-13-1-2-16(24)14(8-13)21(26)15(9-25)17-3-4-18-19(29-17)7-12(10-28-18)22-30-20-11-27-5-6-32(20)31-22/h1-4,7-10,26-27H,5-6,11,25H2/b15-9-,26-21?. The van der Waals surface area contributed by atoms with Gasteiger partial charge in [-0.15, -0.1) is 0 Å². The third-order valence-corrected chi connectivity index (χ3v) is 5.47. The second kappa shape index (κ2) is 8.10. The maximum atomic E-state index is 14.3. The van der Waals surface area contributed by atoms with Gasteiger partial charge in [-0.1, -0.05) is 11.6 Å². The molecule has 4 heterocycles. The lowest BCUT2D eigenvalue weighted by Gasteiger charge is -2.11. The SMILES string of the molecule is N=C(/C(=C\N)c1ccc2ncc(-c3nc4n(n3)CCNC4)cc2n1)c1cc(Cl)ccc1F. The van der Waals surface area contributed by atoms with Crippen molar-refractivity contribution in [1.82, 2.24) is 30.0 Å². The van der Waals surface area contributed by atoms with E-state index in [4.69, 9.17) is 22.7 Å². The molecule has 0 unspecified atom stereocenters. The first-order valence-corrected chi connectivity index (χ1v) is 10.3. The van der Waals surface area contributed by atoms with Crippen LogP contribution in [-0.2, 0) is 13.1 Å². The summed E-state index contributed by atoms with van der Waals surface area (Å²) < 4.78 is 16.2. The van der Waals surface area contributed by atoms with Crippen LogP contribution in [0.2, 0.25) is 5.02 Å². The average Bonchev–Trinajstić information content (AvgIpc) is 3.25. The Kier molecular flexibility index (Phi) is 5.12. The molecule has 160 valence electrons. The van der Waals surface area contributed by atoms with E-state index in [9.17, 15) is 4.39 Å². The van der Waals surface area contributed by atoms with Crippen LogP contribution in [0.1, 0.15) is 17.1 Å². The van der Waals surface area contributed by atoms with Crippen molar-refractivity contribution in [3.05, 3.63) is 76.7 Å². The number of nitrogens with zero attached hydrogens (tertiary/aromatic N) is 5. The summed E-state index contributed by atoms with van der Waals surface area (Å²) in [5.41, 5.74) is 8.43. The van der Waals surface area contributed by atoms with E-state index in [1.54, 1.807) is 18.3 Å². The van der Waals surface area contributed by atoms with Gasteiger partial charge in [-0.2, -0.15) is 5.10 Å². The van der Waals surface area contributed by atoms with Crippen LogP contribution >= 0.6 is 11.6 Å². The Balaban J connectivity index is 1.53. The Morgan fingerprint density at radius 1 is 1.19 bits per heavy atom. The summed E-state index contributed by atoms with van der Waals surface area (Å²) in [5, 5.41) is 16.7. The van der Waals surface area contributed by atoms with Crippen LogP contribution in [-0.4, -0.2) is 37.0 Å². The first-order chi connectivity index (χ1) is 15.5. The van der Waals surface area contributed by atoms with Gasteiger partial charge in [-0.3, -0.25) is 10.4 Å². The molecule has 1 aliphatic rings. The largest absolute Gasteiger partial charge is 0.404 e. The molecule has 4 aromatic rings. The fourth-order valence-corrected chi connectivity index (χ4v) is 3.77. The first-order valence-electron chi connectivity index (χ1n) is 9.92. The molecule has 8 nitrogen and oxygen atoms in total. The zero-order valence-corrected chi connectivity index (χ0v) is 17.6. The highest BCUT2D eigenvalue weighted by Gasteiger charge is 2.18. The van der Waals surface area contributed by atoms with E-state index in [2.05, 4.69) is 25.4 Å². The predicted octanol–water partition coefficient (Wildman–Crippen LogP) is 3.15. The van der Waals surface area contributed by atoms with Crippen molar-refractivity contribution in [2.75, 3.05) is 6.54 Å². The van der Waals surface area contributed by atoms with E-state index < -0.39 is 5.82 Å². The smallest absolute Gasteiger partial charge is 0.183 e. The number of nitrogens with two attached hydrogens (primary N) is 1. The lowest BCUT2D eigenvalue weighted by molar-refractivity contribution is 0.469. The fourth-order valence-electron chi connectivity index (χ4n) is 3.60. The molecule has 0 spiro atoms. The number of pyridine rings is 2.